The Kier molecular flexibility index (Phi) is 5.16. The van der Waals surface area contributed by atoms with E-state index >= 15 is 0 Å². The fraction of sp³-hybridized carbons (Fsp3) is 0.400. The molecule has 0 N–H and O–H groups in total. The quantitative estimate of drug-likeness (QED) is 0.472. The minimum Gasteiger partial charge on any atom is -0.466 e. The van der Waals surface area contributed by atoms with E-state index in [1.54, 1.807) is 29.5 Å². The first kappa shape index (κ1) is 14.2. The first-order valence-corrected chi connectivity index (χ1v) is 5.81. The number of rotatable bonds is 4. The maximum Gasteiger partial charge on any atom is 0.310 e. The van der Waals surface area contributed by atoms with Gasteiger partial charge in [-0.15, -0.1) is 0 Å². The third kappa shape index (κ3) is 3.55. The van der Waals surface area contributed by atoms with Gasteiger partial charge >= 0.3 is 5.97 Å². The van der Waals surface area contributed by atoms with Crippen molar-refractivity contribution in [2.75, 3.05) is 6.61 Å². The number of halogens is 4. The number of hydrogen-bond donors (Lipinski definition) is 0. The molecule has 0 fully saturated rings. The van der Waals surface area contributed by atoms with Gasteiger partial charge in [-0.2, -0.15) is 4.39 Å². The fourth-order valence-corrected chi connectivity index (χ4v) is 1.99. The van der Waals surface area contributed by atoms with E-state index in [-0.39, 0.29) is 22.2 Å². The van der Waals surface area contributed by atoms with Gasteiger partial charge in [0.2, 0.25) is 5.95 Å². The SMILES string of the molecule is CCOC(=O)Cc1cnc(F)c(C(F)F)c1I. The van der Waals surface area contributed by atoms with Gasteiger partial charge in [0.25, 0.3) is 6.43 Å². The molecule has 0 aliphatic rings. The van der Waals surface area contributed by atoms with Crippen LogP contribution in [0.3, 0.4) is 0 Å². The van der Waals surface area contributed by atoms with E-state index in [1.165, 1.54) is 0 Å². The number of esters is 1. The lowest BCUT2D eigenvalue weighted by Crippen LogP contribution is -2.11. The van der Waals surface area contributed by atoms with Gasteiger partial charge < -0.3 is 4.74 Å². The van der Waals surface area contributed by atoms with Crippen LogP contribution in [0, 0.1) is 9.52 Å². The fourth-order valence-electron chi connectivity index (χ4n) is 1.20. The molecule has 0 unspecified atom stereocenters. The highest BCUT2D eigenvalue weighted by molar-refractivity contribution is 14.1. The summed E-state index contributed by atoms with van der Waals surface area (Å²) in [6, 6.07) is 0. The van der Waals surface area contributed by atoms with Crippen LogP contribution in [-0.4, -0.2) is 17.6 Å². The number of carbonyl (C=O) groups excluding carboxylic acids is 1. The minimum atomic E-state index is -2.96. The first-order valence-electron chi connectivity index (χ1n) is 4.73. The van der Waals surface area contributed by atoms with Crippen molar-refractivity contribution in [2.24, 2.45) is 0 Å². The van der Waals surface area contributed by atoms with Gasteiger partial charge in [0.1, 0.15) is 0 Å². The summed E-state index contributed by atoms with van der Waals surface area (Å²) in [5.41, 5.74) is -0.534. The zero-order valence-corrected chi connectivity index (χ0v) is 11.0. The molecule has 0 aliphatic carbocycles. The van der Waals surface area contributed by atoms with Crippen LogP contribution in [0.2, 0.25) is 0 Å². The zero-order chi connectivity index (χ0) is 13.0. The molecule has 0 amide bonds. The van der Waals surface area contributed by atoms with Crippen molar-refractivity contribution in [1.29, 1.82) is 0 Å². The Balaban J connectivity index is 3.02. The average molecular weight is 359 g/mol. The summed E-state index contributed by atoms with van der Waals surface area (Å²) in [5.74, 6) is -1.77. The molecule has 17 heavy (non-hydrogen) atoms. The van der Waals surface area contributed by atoms with Crippen molar-refractivity contribution in [2.45, 2.75) is 19.8 Å². The Bertz CT molecular complexity index is 426. The molecule has 1 heterocycles. The molecule has 3 nitrogen and oxygen atoms in total. The number of alkyl halides is 2. The number of aromatic nitrogens is 1. The van der Waals surface area contributed by atoms with Crippen LogP contribution >= 0.6 is 22.6 Å². The standard InChI is InChI=1S/C10H9F3INO2/c1-2-17-6(16)3-5-4-15-10(13)7(8(5)14)9(11)12/h4,9H,2-3H2,1H3. The van der Waals surface area contributed by atoms with E-state index in [9.17, 15) is 18.0 Å². The van der Waals surface area contributed by atoms with Gasteiger partial charge in [-0.1, -0.05) is 0 Å². The number of pyridine rings is 1. The van der Waals surface area contributed by atoms with Crippen LogP contribution in [0.1, 0.15) is 24.5 Å². The number of ether oxygens (including phenoxy) is 1. The molecule has 94 valence electrons. The lowest BCUT2D eigenvalue weighted by molar-refractivity contribution is -0.142. The largest absolute Gasteiger partial charge is 0.466 e. The summed E-state index contributed by atoms with van der Waals surface area (Å²) in [6.07, 6.45) is -2.09. The third-order valence-electron chi connectivity index (χ3n) is 1.93. The van der Waals surface area contributed by atoms with Crippen molar-refractivity contribution in [3.63, 3.8) is 0 Å². The van der Waals surface area contributed by atoms with Crippen molar-refractivity contribution in [1.82, 2.24) is 4.98 Å². The average Bonchev–Trinajstić information content (AvgIpc) is 2.22. The normalized spacial score (nSPS) is 10.7. The van der Waals surface area contributed by atoms with E-state index in [4.69, 9.17) is 0 Å². The monoisotopic (exact) mass is 359 g/mol. The Morgan fingerprint density at radius 3 is 2.76 bits per heavy atom. The van der Waals surface area contributed by atoms with Crippen molar-refractivity contribution < 1.29 is 22.7 Å². The van der Waals surface area contributed by atoms with Crippen LogP contribution in [0.25, 0.3) is 0 Å². The second-order valence-electron chi connectivity index (χ2n) is 3.08. The molecule has 0 radical (unpaired) electrons. The van der Waals surface area contributed by atoms with Gasteiger partial charge in [-0.3, -0.25) is 4.79 Å². The summed E-state index contributed by atoms with van der Waals surface area (Å²) < 4.78 is 42.9. The highest BCUT2D eigenvalue weighted by atomic mass is 127. The smallest absolute Gasteiger partial charge is 0.310 e. The molecule has 0 saturated carbocycles. The Labute approximate surface area is 110 Å². The summed E-state index contributed by atoms with van der Waals surface area (Å²) in [7, 11) is 0. The second-order valence-corrected chi connectivity index (χ2v) is 4.16. The van der Waals surface area contributed by atoms with Gasteiger partial charge in [0.15, 0.2) is 0 Å². The summed E-state index contributed by atoms with van der Waals surface area (Å²) in [5, 5.41) is 0. The lowest BCUT2D eigenvalue weighted by Gasteiger charge is -2.09. The highest BCUT2D eigenvalue weighted by Gasteiger charge is 2.22. The predicted octanol–water partition coefficient (Wildman–Crippen LogP) is 2.87. The molecular formula is C10H9F3INO2. The maximum absolute atomic E-state index is 13.1. The van der Waals surface area contributed by atoms with E-state index in [0.717, 1.165) is 6.20 Å². The van der Waals surface area contributed by atoms with Crippen molar-refractivity contribution in [3.05, 3.63) is 26.8 Å². The molecule has 0 atom stereocenters. The molecule has 1 rings (SSSR count). The second kappa shape index (κ2) is 6.18. The number of hydrogen-bond acceptors (Lipinski definition) is 3. The van der Waals surface area contributed by atoms with E-state index in [1.807, 2.05) is 0 Å². The number of nitrogens with zero attached hydrogens (tertiary/aromatic N) is 1. The molecule has 0 saturated heterocycles. The molecule has 1 aromatic rings. The molecule has 7 heteroatoms. The van der Waals surface area contributed by atoms with Crippen LogP contribution in [0.15, 0.2) is 6.20 Å². The first-order chi connectivity index (χ1) is 7.97. The Morgan fingerprint density at radius 2 is 2.24 bits per heavy atom. The lowest BCUT2D eigenvalue weighted by atomic mass is 10.1. The summed E-state index contributed by atoms with van der Waals surface area (Å²) in [6.45, 7) is 1.84. The van der Waals surface area contributed by atoms with Crippen LogP contribution in [0.4, 0.5) is 13.2 Å². The van der Waals surface area contributed by atoms with E-state index in [2.05, 4.69) is 9.72 Å². The predicted molar refractivity (Wildman–Crippen MR) is 62.2 cm³/mol. The van der Waals surface area contributed by atoms with Gasteiger partial charge in [-0.05, 0) is 35.1 Å². The minimum absolute atomic E-state index is 0.0122. The Hall–Kier alpha value is -0.860. The topological polar surface area (TPSA) is 39.2 Å². The summed E-state index contributed by atoms with van der Waals surface area (Å²) >= 11 is 1.58. The number of carbonyl (C=O) groups is 1. The molecule has 0 aromatic carbocycles. The third-order valence-corrected chi connectivity index (χ3v) is 3.21. The van der Waals surface area contributed by atoms with E-state index < -0.39 is 23.9 Å². The van der Waals surface area contributed by atoms with Crippen molar-refractivity contribution in [3.8, 4) is 0 Å². The van der Waals surface area contributed by atoms with Crippen LogP contribution in [0.5, 0.6) is 0 Å². The Morgan fingerprint density at radius 1 is 1.59 bits per heavy atom. The van der Waals surface area contributed by atoms with Crippen LogP contribution < -0.4 is 0 Å². The van der Waals surface area contributed by atoms with Gasteiger partial charge in [0.05, 0.1) is 18.6 Å². The van der Waals surface area contributed by atoms with Gasteiger partial charge in [-0.25, -0.2) is 13.8 Å². The highest BCUT2D eigenvalue weighted by Crippen LogP contribution is 2.28. The van der Waals surface area contributed by atoms with Crippen molar-refractivity contribution >= 4 is 28.6 Å². The molecule has 0 spiro atoms. The summed E-state index contributed by atoms with van der Waals surface area (Å²) in [4.78, 5) is 14.4. The maximum atomic E-state index is 13.1. The molecular weight excluding hydrogens is 350 g/mol. The molecule has 0 aliphatic heterocycles. The van der Waals surface area contributed by atoms with Crippen LogP contribution in [-0.2, 0) is 16.0 Å². The van der Waals surface area contributed by atoms with Gasteiger partial charge in [0, 0.05) is 9.77 Å². The molecule has 1 aromatic heterocycles. The van der Waals surface area contributed by atoms with E-state index in [0.29, 0.717) is 0 Å². The molecule has 0 bridgehead atoms. The zero-order valence-electron chi connectivity index (χ0n) is 8.84.